The van der Waals surface area contributed by atoms with Gasteiger partial charge in [-0.2, -0.15) is 0 Å². The molecule has 3 aliphatic rings. The Morgan fingerprint density at radius 1 is 1.56 bits per heavy atom. The Bertz CT molecular complexity index is 388. The van der Waals surface area contributed by atoms with Gasteiger partial charge in [0.05, 0.1) is 11.2 Å². The van der Waals surface area contributed by atoms with Crippen LogP contribution in [0.5, 0.6) is 0 Å². The Labute approximate surface area is 94.2 Å². The van der Waals surface area contributed by atoms with E-state index in [9.17, 15) is 9.90 Å². The van der Waals surface area contributed by atoms with Gasteiger partial charge >= 0.3 is 5.97 Å². The summed E-state index contributed by atoms with van der Waals surface area (Å²) in [7, 11) is 1.63. The van der Waals surface area contributed by atoms with Crippen LogP contribution in [0.15, 0.2) is 11.6 Å². The monoisotopic (exact) mass is 224 g/mol. The van der Waals surface area contributed by atoms with Crippen molar-refractivity contribution in [2.45, 2.75) is 43.5 Å². The Balaban J connectivity index is 2.13. The molecule has 0 spiro atoms. The average Bonchev–Trinajstić information content (AvgIpc) is 2.68. The summed E-state index contributed by atoms with van der Waals surface area (Å²) in [6.45, 7) is 1.94. The highest BCUT2D eigenvalue weighted by Gasteiger charge is 2.63. The summed E-state index contributed by atoms with van der Waals surface area (Å²) in [6, 6.07) is 0. The molecule has 1 saturated carbocycles. The third-order valence-corrected chi connectivity index (χ3v) is 4.36. The molecule has 16 heavy (non-hydrogen) atoms. The molecule has 3 rings (SSSR count). The van der Waals surface area contributed by atoms with E-state index in [1.54, 1.807) is 13.2 Å². The van der Waals surface area contributed by atoms with Crippen LogP contribution in [0.25, 0.3) is 0 Å². The Morgan fingerprint density at radius 2 is 2.31 bits per heavy atom. The lowest BCUT2D eigenvalue weighted by atomic mass is 9.71. The number of ether oxygens (including phenoxy) is 2. The van der Waals surface area contributed by atoms with Gasteiger partial charge in [-0.05, 0) is 38.2 Å². The topological polar surface area (TPSA) is 55.8 Å². The lowest BCUT2D eigenvalue weighted by Crippen LogP contribution is -2.48. The van der Waals surface area contributed by atoms with E-state index < -0.39 is 11.2 Å². The highest BCUT2D eigenvalue weighted by Crippen LogP contribution is 2.54. The molecule has 1 saturated heterocycles. The van der Waals surface area contributed by atoms with Crippen LogP contribution >= 0.6 is 0 Å². The zero-order valence-electron chi connectivity index (χ0n) is 9.53. The van der Waals surface area contributed by atoms with Gasteiger partial charge in [0.15, 0.2) is 0 Å². The standard InChI is InChI=1S/C12H16O4/c1-11(15-2)5-7-3-4-9-12(7,14)8(6-11)10(13)16-9/h6-7,9,14H,3-5H2,1-2H3/t7?,9?,11-,12-/m0/s1. The van der Waals surface area contributed by atoms with E-state index >= 15 is 0 Å². The van der Waals surface area contributed by atoms with Crippen LogP contribution in [0.1, 0.15) is 26.2 Å². The number of carbonyl (C=O) groups is 1. The predicted octanol–water partition coefficient (Wildman–Crippen LogP) is 0.788. The molecule has 0 radical (unpaired) electrons. The van der Waals surface area contributed by atoms with Gasteiger partial charge in [0.1, 0.15) is 11.7 Å². The van der Waals surface area contributed by atoms with Gasteiger partial charge in [-0.25, -0.2) is 4.79 Å². The SMILES string of the molecule is CO[C@]1(C)C=C2C(=O)OC3CCC(C1)[C@]23O. The summed E-state index contributed by atoms with van der Waals surface area (Å²) in [5, 5.41) is 10.6. The van der Waals surface area contributed by atoms with Crippen molar-refractivity contribution in [3.8, 4) is 0 Å². The van der Waals surface area contributed by atoms with Crippen molar-refractivity contribution in [1.82, 2.24) is 0 Å². The molecule has 88 valence electrons. The second-order valence-electron chi connectivity index (χ2n) is 5.27. The summed E-state index contributed by atoms with van der Waals surface area (Å²) < 4.78 is 10.7. The molecule has 4 atom stereocenters. The molecule has 4 nitrogen and oxygen atoms in total. The lowest BCUT2D eigenvalue weighted by Gasteiger charge is -2.39. The van der Waals surface area contributed by atoms with Gasteiger partial charge in [0.25, 0.3) is 0 Å². The van der Waals surface area contributed by atoms with Crippen molar-refractivity contribution in [2.75, 3.05) is 7.11 Å². The number of esters is 1. The van der Waals surface area contributed by atoms with Crippen LogP contribution in [0.3, 0.4) is 0 Å². The largest absolute Gasteiger partial charge is 0.455 e. The third kappa shape index (κ3) is 1.04. The first-order chi connectivity index (χ1) is 7.49. The maximum absolute atomic E-state index is 11.7. The van der Waals surface area contributed by atoms with Crippen molar-refractivity contribution in [3.05, 3.63) is 11.6 Å². The summed E-state index contributed by atoms with van der Waals surface area (Å²) in [4.78, 5) is 11.7. The fourth-order valence-electron chi connectivity index (χ4n) is 3.38. The van der Waals surface area contributed by atoms with Gasteiger partial charge in [-0.15, -0.1) is 0 Å². The minimum absolute atomic E-state index is 0.0777. The van der Waals surface area contributed by atoms with Crippen LogP contribution in [-0.4, -0.2) is 35.5 Å². The minimum atomic E-state index is -1.05. The van der Waals surface area contributed by atoms with Crippen molar-refractivity contribution < 1.29 is 19.4 Å². The lowest BCUT2D eigenvalue weighted by molar-refractivity contribution is -0.140. The second kappa shape index (κ2) is 2.87. The molecule has 1 heterocycles. The molecule has 2 aliphatic carbocycles. The number of hydrogen-bond acceptors (Lipinski definition) is 4. The zero-order valence-corrected chi connectivity index (χ0v) is 9.53. The maximum atomic E-state index is 11.7. The third-order valence-electron chi connectivity index (χ3n) is 4.36. The maximum Gasteiger partial charge on any atom is 0.337 e. The van der Waals surface area contributed by atoms with E-state index in [-0.39, 0.29) is 18.0 Å². The summed E-state index contributed by atoms with van der Waals surface area (Å²) >= 11 is 0. The molecule has 0 aromatic heterocycles. The van der Waals surface area contributed by atoms with E-state index in [1.165, 1.54) is 0 Å². The van der Waals surface area contributed by atoms with Crippen LogP contribution in [0.4, 0.5) is 0 Å². The van der Waals surface area contributed by atoms with Crippen LogP contribution in [-0.2, 0) is 14.3 Å². The number of rotatable bonds is 1. The van der Waals surface area contributed by atoms with Crippen LogP contribution in [0, 0.1) is 5.92 Å². The fraction of sp³-hybridized carbons (Fsp3) is 0.750. The summed E-state index contributed by atoms with van der Waals surface area (Å²) in [5.74, 6) is -0.297. The molecule has 0 aromatic rings. The highest BCUT2D eigenvalue weighted by atomic mass is 16.6. The van der Waals surface area contributed by atoms with E-state index in [4.69, 9.17) is 9.47 Å². The first-order valence-electron chi connectivity index (χ1n) is 5.71. The normalized spacial score (nSPS) is 49.9. The van der Waals surface area contributed by atoms with Crippen LogP contribution in [0.2, 0.25) is 0 Å². The predicted molar refractivity (Wildman–Crippen MR) is 55.7 cm³/mol. The van der Waals surface area contributed by atoms with Gasteiger partial charge in [-0.1, -0.05) is 0 Å². The number of aliphatic hydroxyl groups is 1. The van der Waals surface area contributed by atoms with Crippen molar-refractivity contribution in [3.63, 3.8) is 0 Å². The smallest absolute Gasteiger partial charge is 0.337 e. The molecule has 4 heteroatoms. The van der Waals surface area contributed by atoms with Crippen molar-refractivity contribution >= 4 is 5.97 Å². The molecular weight excluding hydrogens is 208 g/mol. The summed E-state index contributed by atoms with van der Waals surface area (Å²) in [5.41, 5.74) is -1.09. The molecule has 0 bridgehead atoms. The molecule has 0 aromatic carbocycles. The van der Waals surface area contributed by atoms with E-state index in [2.05, 4.69) is 0 Å². The number of hydrogen-bond donors (Lipinski definition) is 1. The Kier molecular flexibility index (Phi) is 1.85. The van der Waals surface area contributed by atoms with Gasteiger partial charge < -0.3 is 14.6 Å². The Hall–Kier alpha value is -0.870. The molecule has 0 amide bonds. The van der Waals surface area contributed by atoms with E-state index in [0.29, 0.717) is 5.57 Å². The molecule has 1 N–H and O–H groups in total. The first kappa shape index (κ1) is 10.3. The first-order valence-corrected chi connectivity index (χ1v) is 5.71. The van der Waals surface area contributed by atoms with Gasteiger partial charge in [0.2, 0.25) is 0 Å². The molecule has 2 fully saturated rings. The fourth-order valence-corrected chi connectivity index (χ4v) is 3.38. The summed E-state index contributed by atoms with van der Waals surface area (Å²) in [6.07, 6.45) is 3.81. The molecule has 2 unspecified atom stereocenters. The van der Waals surface area contributed by atoms with E-state index in [1.807, 2.05) is 6.92 Å². The van der Waals surface area contributed by atoms with Crippen molar-refractivity contribution in [1.29, 1.82) is 0 Å². The number of methoxy groups -OCH3 is 1. The van der Waals surface area contributed by atoms with E-state index in [0.717, 1.165) is 19.3 Å². The Morgan fingerprint density at radius 3 is 3.00 bits per heavy atom. The van der Waals surface area contributed by atoms with Gasteiger partial charge in [0, 0.05) is 7.11 Å². The highest BCUT2D eigenvalue weighted by molar-refractivity contribution is 5.94. The molecule has 1 aliphatic heterocycles. The van der Waals surface area contributed by atoms with Crippen LogP contribution < -0.4 is 0 Å². The second-order valence-corrected chi connectivity index (χ2v) is 5.27. The van der Waals surface area contributed by atoms with Gasteiger partial charge in [-0.3, -0.25) is 0 Å². The minimum Gasteiger partial charge on any atom is -0.455 e. The molecular formula is C12H16O4. The quantitative estimate of drug-likeness (QED) is 0.669. The zero-order chi connectivity index (χ0) is 11.6. The van der Waals surface area contributed by atoms with Crippen molar-refractivity contribution in [2.24, 2.45) is 5.92 Å². The number of carbonyl (C=O) groups excluding carboxylic acids is 1. The average molecular weight is 224 g/mol.